The molecule has 0 aliphatic carbocycles. The Morgan fingerprint density at radius 3 is 2.20 bits per heavy atom. The summed E-state index contributed by atoms with van der Waals surface area (Å²) >= 11 is 0. The van der Waals surface area contributed by atoms with Crippen molar-refractivity contribution in [2.75, 3.05) is 12.9 Å². The van der Waals surface area contributed by atoms with E-state index in [1.54, 1.807) is 0 Å². The normalized spacial score (nSPS) is 15.3. The zero-order valence-corrected chi connectivity index (χ0v) is 11.9. The SMILES string of the molecule is CCC(OC(=O)C(C)CS(=O)(=O)[O-])C(F)(F)C(=O)OC. The second kappa shape index (κ2) is 6.93. The summed E-state index contributed by atoms with van der Waals surface area (Å²) in [5, 5.41) is 0. The minimum atomic E-state index is -4.70. The second-order valence-corrected chi connectivity index (χ2v) is 5.52. The predicted molar refractivity (Wildman–Crippen MR) is 60.9 cm³/mol. The van der Waals surface area contributed by atoms with Crippen LogP contribution in [0.5, 0.6) is 0 Å². The van der Waals surface area contributed by atoms with Crippen LogP contribution in [0.1, 0.15) is 20.3 Å². The van der Waals surface area contributed by atoms with Gasteiger partial charge in [0.2, 0.25) is 0 Å². The van der Waals surface area contributed by atoms with Gasteiger partial charge in [0, 0.05) is 0 Å². The van der Waals surface area contributed by atoms with Crippen LogP contribution in [-0.2, 0) is 29.2 Å². The molecule has 0 radical (unpaired) electrons. The first-order chi connectivity index (χ1) is 8.95. The van der Waals surface area contributed by atoms with E-state index in [0.29, 0.717) is 0 Å². The van der Waals surface area contributed by atoms with E-state index >= 15 is 0 Å². The number of esters is 2. The third kappa shape index (κ3) is 5.37. The number of rotatable bonds is 7. The van der Waals surface area contributed by atoms with Gasteiger partial charge in [-0.1, -0.05) is 13.8 Å². The monoisotopic (exact) mass is 317 g/mol. The van der Waals surface area contributed by atoms with E-state index in [9.17, 15) is 31.3 Å². The first kappa shape index (κ1) is 18.7. The molecular weight excluding hydrogens is 302 g/mol. The van der Waals surface area contributed by atoms with Crippen molar-refractivity contribution in [2.45, 2.75) is 32.3 Å². The van der Waals surface area contributed by atoms with E-state index in [4.69, 9.17) is 0 Å². The molecule has 7 nitrogen and oxygen atoms in total. The van der Waals surface area contributed by atoms with Gasteiger partial charge in [-0.3, -0.25) is 4.79 Å². The Morgan fingerprint density at radius 2 is 1.85 bits per heavy atom. The summed E-state index contributed by atoms with van der Waals surface area (Å²) in [6, 6.07) is 0. The molecule has 0 rings (SSSR count). The molecule has 0 bridgehead atoms. The number of halogens is 2. The van der Waals surface area contributed by atoms with Gasteiger partial charge in [-0.25, -0.2) is 13.2 Å². The number of hydrogen-bond donors (Lipinski definition) is 0. The minimum Gasteiger partial charge on any atom is -0.748 e. The van der Waals surface area contributed by atoms with E-state index < -0.39 is 52.2 Å². The summed E-state index contributed by atoms with van der Waals surface area (Å²) in [5.41, 5.74) is 0. The number of methoxy groups -OCH3 is 1. The molecule has 0 saturated carbocycles. The highest BCUT2D eigenvalue weighted by molar-refractivity contribution is 7.85. The van der Waals surface area contributed by atoms with Crippen LogP contribution in [-0.4, -0.2) is 49.8 Å². The molecule has 10 heteroatoms. The molecule has 0 aromatic heterocycles. The third-order valence-electron chi connectivity index (χ3n) is 2.35. The molecule has 0 aromatic rings. The fraction of sp³-hybridized carbons (Fsp3) is 0.800. The number of alkyl halides is 2. The van der Waals surface area contributed by atoms with Crippen LogP contribution < -0.4 is 0 Å². The smallest absolute Gasteiger partial charge is 0.380 e. The van der Waals surface area contributed by atoms with Crippen LogP contribution in [0, 0.1) is 5.92 Å². The first-order valence-electron chi connectivity index (χ1n) is 5.56. The summed E-state index contributed by atoms with van der Waals surface area (Å²) < 4.78 is 66.7. The summed E-state index contributed by atoms with van der Waals surface area (Å²) in [6.07, 6.45) is -2.50. The molecule has 0 aliphatic rings. The molecule has 118 valence electrons. The van der Waals surface area contributed by atoms with Crippen molar-refractivity contribution in [2.24, 2.45) is 5.92 Å². The average molecular weight is 317 g/mol. The quantitative estimate of drug-likeness (QED) is 0.490. The molecule has 20 heavy (non-hydrogen) atoms. The number of hydrogen-bond acceptors (Lipinski definition) is 7. The Kier molecular flexibility index (Phi) is 6.48. The fourth-order valence-electron chi connectivity index (χ4n) is 1.31. The predicted octanol–water partition coefficient (Wildman–Crippen LogP) is 0.298. The van der Waals surface area contributed by atoms with Gasteiger partial charge in [0.15, 0.2) is 6.10 Å². The van der Waals surface area contributed by atoms with E-state index in [0.717, 1.165) is 14.0 Å². The third-order valence-corrected chi connectivity index (χ3v) is 3.26. The Labute approximate surface area is 115 Å². The zero-order chi connectivity index (χ0) is 16.1. The Morgan fingerprint density at radius 1 is 1.35 bits per heavy atom. The van der Waals surface area contributed by atoms with Crippen LogP contribution in [0.4, 0.5) is 8.78 Å². The van der Waals surface area contributed by atoms with Crippen LogP contribution in [0.25, 0.3) is 0 Å². The van der Waals surface area contributed by atoms with Crippen molar-refractivity contribution >= 4 is 22.1 Å². The lowest BCUT2D eigenvalue weighted by Crippen LogP contribution is -2.45. The van der Waals surface area contributed by atoms with Crippen molar-refractivity contribution in [3.8, 4) is 0 Å². The van der Waals surface area contributed by atoms with Gasteiger partial charge >= 0.3 is 17.9 Å². The van der Waals surface area contributed by atoms with Gasteiger partial charge in [-0.05, 0) is 6.42 Å². The number of carbonyl (C=O) groups excluding carboxylic acids is 2. The molecule has 0 aliphatic heterocycles. The lowest BCUT2D eigenvalue weighted by molar-refractivity contribution is -0.197. The number of ether oxygens (including phenoxy) is 2. The van der Waals surface area contributed by atoms with Crippen molar-refractivity contribution in [1.29, 1.82) is 0 Å². The maximum atomic E-state index is 13.5. The maximum absolute atomic E-state index is 13.5. The summed E-state index contributed by atoms with van der Waals surface area (Å²) in [6.45, 7) is 2.28. The van der Waals surface area contributed by atoms with Gasteiger partial charge in [0.05, 0.1) is 28.9 Å². The number of carbonyl (C=O) groups is 2. The summed E-state index contributed by atoms with van der Waals surface area (Å²) in [5.74, 6) is -9.73. The molecule has 2 atom stereocenters. The second-order valence-electron chi connectivity index (χ2n) is 4.07. The highest BCUT2D eigenvalue weighted by Gasteiger charge is 2.50. The van der Waals surface area contributed by atoms with Gasteiger partial charge in [-0.2, -0.15) is 8.78 Å². The average Bonchev–Trinajstić information content (AvgIpc) is 2.31. The van der Waals surface area contributed by atoms with Gasteiger partial charge in [0.25, 0.3) is 0 Å². The molecule has 0 N–H and O–H groups in total. The van der Waals surface area contributed by atoms with Gasteiger partial charge in [-0.15, -0.1) is 0 Å². The molecule has 0 spiro atoms. The maximum Gasteiger partial charge on any atom is 0.380 e. The molecule has 0 heterocycles. The van der Waals surface area contributed by atoms with Crippen molar-refractivity contribution < 1.29 is 40.8 Å². The standard InChI is InChI=1S/C10H16F2O7S/c1-4-7(10(11,12)9(14)18-3)19-8(13)6(2)5-20(15,16)17/h6-7H,4-5H2,1-3H3,(H,15,16,17)/p-1. The minimum absolute atomic E-state index is 0.398. The Hall–Kier alpha value is -1.29. The molecular formula is C10H15F2O7S-. The van der Waals surface area contributed by atoms with Crippen molar-refractivity contribution in [3.63, 3.8) is 0 Å². The highest BCUT2D eigenvalue weighted by Crippen LogP contribution is 2.26. The van der Waals surface area contributed by atoms with Crippen LogP contribution in [0.2, 0.25) is 0 Å². The molecule has 0 amide bonds. The highest BCUT2D eigenvalue weighted by atomic mass is 32.2. The molecule has 0 saturated heterocycles. The molecule has 0 fully saturated rings. The van der Waals surface area contributed by atoms with Crippen LogP contribution >= 0.6 is 0 Å². The van der Waals surface area contributed by atoms with Crippen molar-refractivity contribution in [3.05, 3.63) is 0 Å². The van der Waals surface area contributed by atoms with E-state index in [-0.39, 0.29) is 0 Å². The Balaban J connectivity index is 4.89. The van der Waals surface area contributed by atoms with Gasteiger partial charge in [0.1, 0.15) is 0 Å². The summed E-state index contributed by atoms with van der Waals surface area (Å²) in [4.78, 5) is 22.3. The van der Waals surface area contributed by atoms with E-state index in [1.807, 2.05) is 0 Å². The zero-order valence-electron chi connectivity index (χ0n) is 11.1. The van der Waals surface area contributed by atoms with Crippen LogP contribution in [0.3, 0.4) is 0 Å². The lowest BCUT2D eigenvalue weighted by Gasteiger charge is -2.25. The Bertz CT molecular complexity index is 460. The first-order valence-corrected chi connectivity index (χ1v) is 7.13. The van der Waals surface area contributed by atoms with Gasteiger partial charge < -0.3 is 14.0 Å². The fourth-order valence-corrected chi connectivity index (χ4v) is 2.06. The van der Waals surface area contributed by atoms with Crippen LogP contribution in [0.15, 0.2) is 0 Å². The molecule has 2 unspecified atom stereocenters. The summed E-state index contributed by atoms with van der Waals surface area (Å²) in [7, 11) is -3.95. The van der Waals surface area contributed by atoms with E-state index in [2.05, 4.69) is 9.47 Å². The topological polar surface area (TPSA) is 110 Å². The van der Waals surface area contributed by atoms with E-state index in [1.165, 1.54) is 6.92 Å². The molecule has 0 aromatic carbocycles. The lowest BCUT2D eigenvalue weighted by atomic mass is 10.1. The van der Waals surface area contributed by atoms with Crippen molar-refractivity contribution in [1.82, 2.24) is 0 Å². The largest absolute Gasteiger partial charge is 0.748 e.